The van der Waals surface area contributed by atoms with E-state index in [1.807, 2.05) is 6.07 Å². The summed E-state index contributed by atoms with van der Waals surface area (Å²) in [5.74, 6) is 0. The number of hydrogen-bond acceptors (Lipinski definition) is 3. The Kier molecular flexibility index (Phi) is 1.90. The van der Waals surface area contributed by atoms with Gasteiger partial charge in [0.15, 0.2) is 0 Å². The molecule has 1 aromatic heterocycles. The molecule has 0 aliphatic heterocycles. The average Bonchev–Trinajstić information content (AvgIpc) is 2.31. The molecule has 1 N–H and O–H groups in total. The van der Waals surface area contributed by atoms with Gasteiger partial charge < -0.3 is 4.52 Å². The van der Waals surface area contributed by atoms with Crippen LogP contribution >= 0.6 is 0 Å². The van der Waals surface area contributed by atoms with E-state index in [-0.39, 0.29) is 0 Å². The van der Waals surface area contributed by atoms with Crippen LogP contribution in [0.4, 0.5) is 0 Å². The third-order valence-corrected chi connectivity index (χ3v) is 1.08. The minimum Gasteiger partial charge on any atom is -0.339 e. The van der Waals surface area contributed by atoms with E-state index in [1.54, 1.807) is 0 Å². The molecule has 10 heavy (non-hydrogen) atoms. The summed E-state index contributed by atoms with van der Waals surface area (Å²) >= 11 is 0. The van der Waals surface area contributed by atoms with Crippen molar-refractivity contribution in [2.45, 2.75) is 12.8 Å². The summed E-state index contributed by atoms with van der Waals surface area (Å²) in [6, 6.07) is 3.31. The van der Waals surface area contributed by atoms with E-state index < -0.39 is 5.63 Å². The van der Waals surface area contributed by atoms with Crippen LogP contribution in [0.15, 0.2) is 15.4 Å². The second kappa shape index (κ2) is 2.87. The fourth-order valence-electron chi connectivity index (χ4n) is 0.631. The van der Waals surface area contributed by atoms with E-state index in [0.29, 0.717) is 18.5 Å². The lowest BCUT2D eigenvalue weighted by Crippen LogP contribution is -1.86. The summed E-state index contributed by atoms with van der Waals surface area (Å²) < 4.78 is 4.37. The van der Waals surface area contributed by atoms with Gasteiger partial charge in [-0.3, -0.25) is 0 Å². The molecular formula is C6H6N2O2. The Labute approximate surface area is 57.0 Å². The van der Waals surface area contributed by atoms with Gasteiger partial charge in [0.1, 0.15) is 0 Å². The Morgan fingerprint density at radius 3 is 3.10 bits per heavy atom. The molecule has 0 spiro atoms. The molecule has 1 aromatic rings. The number of aromatic amines is 1. The molecule has 52 valence electrons. The van der Waals surface area contributed by atoms with Gasteiger partial charge >= 0.3 is 5.63 Å². The smallest absolute Gasteiger partial charge is 0.339 e. The van der Waals surface area contributed by atoms with Crippen LogP contribution in [0.3, 0.4) is 0 Å². The van der Waals surface area contributed by atoms with E-state index in [2.05, 4.69) is 9.68 Å². The van der Waals surface area contributed by atoms with Crippen molar-refractivity contribution in [1.82, 2.24) is 5.16 Å². The summed E-state index contributed by atoms with van der Waals surface area (Å²) in [6.45, 7) is 0. The van der Waals surface area contributed by atoms with Gasteiger partial charge in [0, 0.05) is 18.9 Å². The summed E-state index contributed by atoms with van der Waals surface area (Å²) in [6.07, 6.45) is 0.942. The number of nitrogens with one attached hydrogen (secondary N) is 1. The van der Waals surface area contributed by atoms with Crippen molar-refractivity contribution in [1.29, 1.82) is 5.26 Å². The molecule has 4 heteroatoms. The van der Waals surface area contributed by atoms with Gasteiger partial charge in [-0.2, -0.15) is 5.26 Å². The zero-order chi connectivity index (χ0) is 7.40. The summed E-state index contributed by atoms with van der Waals surface area (Å²) in [5, 5.41) is 10.6. The Bertz CT molecular complexity index is 291. The van der Waals surface area contributed by atoms with Crippen molar-refractivity contribution in [2.24, 2.45) is 0 Å². The highest BCUT2D eigenvalue weighted by atomic mass is 16.5. The van der Waals surface area contributed by atoms with Gasteiger partial charge in [-0.05, 0) is 0 Å². The van der Waals surface area contributed by atoms with Crippen molar-refractivity contribution in [3.05, 3.63) is 22.2 Å². The molecule has 0 unspecified atom stereocenters. The highest BCUT2D eigenvalue weighted by Gasteiger charge is 1.95. The zero-order valence-corrected chi connectivity index (χ0v) is 5.26. The molecule has 0 radical (unpaired) electrons. The number of aromatic nitrogens is 1. The van der Waals surface area contributed by atoms with Gasteiger partial charge in [-0.15, -0.1) is 0 Å². The standard InChI is InChI=1S/C6H6N2O2/c7-3-1-2-5-4-6(9)10-8-5/h4,8H,1-2H2. The summed E-state index contributed by atoms with van der Waals surface area (Å²) in [7, 11) is 0. The van der Waals surface area contributed by atoms with Crippen LogP contribution in [-0.2, 0) is 6.42 Å². The van der Waals surface area contributed by atoms with Gasteiger partial charge in [0.25, 0.3) is 0 Å². The topological polar surface area (TPSA) is 69.8 Å². The van der Waals surface area contributed by atoms with Crippen LogP contribution in [0, 0.1) is 11.3 Å². The average molecular weight is 138 g/mol. The van der Waals surface area contributed by atoms with Crippen LogP contribution in [-0.4, -0.2) is 5.16 Å². The second-order valence-electron chi connectivity index (χ2n) is 1.85. The molecule has 1 rings (SSSR count). The largest absolute Gasteiger partial charge is 0.357 e. The Morgan fingerprint density at radius 1 is 1.80 bits per heavy atom. The molecule has 0 aliphatic carbocycles. The molecule has 0 aromatic carbocycles. The highest BCUT2D eigenvalue weighted by molar-refractivity contribution is 4.97. The lowest BCUT2D eigenvalue weighted by molar-refractivity contribution is 0.385. The van der Waals surface area contributed by atoms with Gasteiger partial charge in [-0.25, -0.2) is 9.95 Å². The number of rotatable bonds is 2. The predicted octanol–water partition coefficient (Wildman–Crippen LogP) is 0.424. The Balaban J connectivity index is 2.61. The van der Waals surface area contributed by atoms with E-state index in [9.17, 15) is 4.79 Å². The quantitative estimate of drug-likeness (QED) is 0.644. The third kappa shape index (κ3) is 1.49. The summed E-state index contributed by atoms with van der Waals surface area (Å²) in [5.41, 5.74) is 0.277. The first-order chi connectivity index (χ1) is 4.83. The molecule has 0 fully saturated rings. The molecule has 0 saturated carbocycles. The monoisotopic (exact) mass is 138 g/mol. The molecule has 1 heterocycles. The molecule has 0 amide bonds. The lowest BCUT2D eigenvalue weighted by atomic mass is 10.2. The third-order valence-electron chi connectivity index (χ3n) is 1.08. The molecule has 0 atom stereocenters. The minimum absolute atomic E-state index is 0.395. The first-order valence-corrected chi connectivity index (χ1v) is 2.87. The number of nitriles is 1. The molecule has 4 nitrogen and oxygen atoms in total. The number of H-pyrrole nitrogens is 1. The maximum absolute atomic E-state index is 10.4. The first-order valence-electron chi connectivity index (χ1n) is 2.87. The normalized spacial score (nSPS) is 9.10. The SMILES string of the molecule is N#CCCc1cc(=O)o[nH]1. The van der Waals surface area contributed by atoms with Crippen LogP contribution < -0.4 is 5.63 Å². The molecular weight excluding hydrogens is 132 g/mol. The molecule has 0 saturated heterocycles. The minimum atomic E-state index is -0.395. The van der Waals surface area contributed by atoms with Crippen LogP contribution in [0.1, 0.15) is 12.1 Å². The van der Waals surface area contributed by atoms with E-state index in [1.165, 1.54) is 6.07 Å². The number of hydrogen-bond donors (Lipinski definition) is 1. The van der Waals surface area contributed by atoms with E-state index >= 15 is 0 Å². The first kappa shape index (κ1) is 6.62. The second-order valence-corrected chi connectivity index (χ2v) is 1.85. The number of nitrogens with zero attached hydrogens (tertiary/aromatic N) is 1. The fourth-order valence-corrected chi connectivity index (χ4v) is 0.631. The van der Waals surface area contributed by atoms with Crippen molar-refractivity contribution in [2.75, 3.05) is 0 Å². The van der Waals surface area contributed by atoms with Crippen molar-refractivity contribution in [3.8, 4) is 6.07 Å². The maximum Gasteiger partial charge on any atom is 0.357 e. The predicted molar refractivity (Wildman–Crippen MR) is 33.3 cm³/mol. The Morgan fingerprint density at radius 2 is 2.60 bits per heavy atom. The highest BCUT2D eigenvalue weighted by Crippen LogP contribution is 1.93. The lowest BCUT2D eigenvalue weighted by Gasteiger charge is -1.83. The van der Waals surface area contributed by atoms with E-state index in [4.69, 9.17) is 5.26 Å². The molecule has 0 aliphatic rings. The molecule has 0 bridgehead atoms. The van der Waals surface area contributed by atoms with Gasteiger partial charge in [0.05, 0.1) is 11.8 Å². The Hall–Kier alpha value is -1.50. The number of aryl methyl sites for hydroxylation is 1. The van der Waals surface area contributed by atoms with Gasteiger partial charge in [0.2, 0.25) is 0 Å². The van der Waals surface area contributed by atoms with Crippen molar-refractivity contribution < 1.29 is 4.52 Å². The maximum atomic E-state index is 10.4. The van der Waals surface area contributed by atoms with Crippen molar-refractivity contribution in [3.63, 3.8) is 0 Å². The summed E-state index contributed by atoms with van der Waals surface area (Å²) in [4.78, 5) is 10.4. The van der Waals surface area contributed by atoms with Crippen LogP contribution in [0.25, 0.3) is 0 Å². The van der Waals surface area contributed by atoms with Gasteiger partial charge in [-0.1, -0.05) is 0 Å². The fraction of sp³-hybridized carbons (Fsp3) is 0.333. The van der Waals surface area contributed by atoms with Crippen LogP contribution in [0.2, 0.25) is 0 Å². The van der Waals surface area contributed by atoms with Crippen molar-refractivity contribution >= 4 is 0 Å². The zero-order valence-electron chi connectivity index (χ0n) is 5.26. The van der Waals surface area contributed by atoms with E-state index in [0.717, 1.165) is 0 Å². The van der Waals surface area contributed by atoms with Crippen LogP contribution in [0.5, 0.6) is 0 Å².